The van der Waals surface area contributed by atoms with Gasteiger partial charge in [-0.25, -0.2) is 0 Å². The summed E-state index contributed by atoms with van der Waals surface area (Å²) in [6.07, 6.45) is -7.17. The number of hydrogen-bond donors (Lipinski definition) is 5. The summed E-state index contributed by atoms with van der Waals surface area (Å²) in [6.45, 7) is 2.59. The molecule has 0 bridgehead atoms. The van der Waals surface area contributed by atoms with Crippen LogP contribution in [0.4, 0.5) is 0 Å². The van der Waals surface area contributed by atoms with Gasteiger partial charge in [0.2, 0.25) is 0 Å². The Labute approximate surface area is 142 Å². The lowest BCUT2D eigenvalue weighted by atomic mass is 9.89. The van der Waals surface area contributed by atoms with E-state index in [-0.39, 0.29) is 27.7 Å². The zero-order valence-electron chi connectivity index (χ0n) is 13.7. The van der Waals surface area contributed by atoms with E-state index in [1.165, 1.54) is 12.1 Å². The van der Waals surface area contributed by atoms with Crippen molar-refractivity contribution >= 4 is 11.0 Å². The van der Waals surface area contributed by atoms with Crippen molar-refractivity contribution in [3.05, 3.63) is 39.2 Å². The van der Waals surface area contributed by atoms with Crippen molar-refractivity contribution in [2.24, 2.45) is 0 Å². The lowest BCUT2D eigenvalue weighted by Crippen LogP contribution is -2.55. The molecule has 1 aromatic carbocycles. The van der Waals surface area contributed by atoms with Crippen LogP contribution in [0.15, 0.2) is 21.3 Å². The maximum Gasteiger partial charge on any atom is 0.193 e. The van der Waals surface area contributed by atoms with Crippen LogP contribution in [0.25, 0.3) is 11.0 Å². The smallest absolute Gasteiger partial charge is 0.193 e. The quantitative estimate of drug-likeness (QED) is 0.493. The molecule has 0 aliphatic carbocycles. The maximum atomic E-state index is 12.3. The number of aliphatic hydroxyl groups is 4. The molecule has 5 N–H and O–H groups in total. The largest absolute Gasteiger partial charge is 0.507 e. The fourth-order valence-electron chi connectivity index (χ4n) is 3.26. The summed E-state index contributed by atoms with van der Waals surface area (Å²) >= 11 is 0. The van der Waals surface area contributed by atoms with Gasteiger partial charge in [-0.1, -0.05) is 0 Å². The minimum atomic E-state index is -1.61. The van der Waals surface area contributed by atoms with Gasteiger partial charge in [0.15, 0.2) is 5.43 Å². The average Bonchev–Trinajstić information content (AvgIpc) is 2.53. The molecule has 25 heavy (non-hydrogen) atoms. The van der Waals surface area contributed by atoms with E-state index in [9.17, 15) is 30.3 Å². The third-order valence-electron chi connectivity index (χ3n) is 4.52. The Morgan fingerprint density at radius 3 is 2.40 bits per heavy atom. The molecule has 1 saturated heterocycles. The second-order valence-electron chi connectivity index (χ2n) is 6.30. The zero-order valence-corrected chi connectivity index (χ0v) is 13.7. The topological polar surface area (TPSA) is 141 Å². The first-order valence-corrected chi connectivity index (χ1v) is 7.83. The van der Waals surface area contributed by atoms with Crippen molar-refractivity contribution < 1.29 is 34.7 Å². The zero-order chi connectivity index (χ0) is 18.5. The van der Waals surface area contributed by atoms with Gasteiger partial charge in [0.25, 0.3) is 0 Å². The summed E-state index contributed by atoms with van der Waals surface area (Å²) in [5.74, 6) is 0.0106. The molecular formula is C17H20O8. The van der Waals surface area contributed by atoms with Gasteiger partial charge in [-0.15, -0.1) is 0 Å². The van der Waals surface area contributed by atoms with Crippen molar-refractivity contribution in [3.63, 3.8) is 0 Å². The van der Waals surface area contributed by atoms with Crippen molar-refractivity contribution in [2.75, 3.05) is 6.61 Å². The minimum absolute atomic E-state index is 0.0155. The predicted octanol–water partition coefficient (Wildman–Crippen LogP) is -0.370. The number of hydrogen-bond acceptors (Lipinski definition) is 8. The van der Waals surface area contributed by atoms with E-state index in [1.54, 1.807) is 13.8 Å². The van der Waals surface area contributed by atoms with Crippen LogP contribution in [0.3, 0.4) is 0 Å². The first-order valence-electron chi connectivity index (χ1n) is 7.83. The highest BCUT2D eigenvalue weighted by atomic mass is 16.5. The van der Waals surface area contributed by atoms with Gasteiger partial charge >= 0.3 is 0 Å². The molecule has 1 aromatic heterocycles. The third kappa shape index (κ3) is 2.82. The molecule has 0 amide bonds. The third-order valence-corrected chi connectivity index (χ3v) is 4.52. The molecular weight excluding hydrogens is 332 g/mol. The number of aliphatic hydroxyl groups excluding tert-OH is 4. The first kappa shape index (κ1) is 17.8. The molecule has 3 rings (SSSR count). The number of benzene rings is 1. The summed E-state index contributed by atoms with van der Waals surface area (Å²) in [5.41, 5.74) is 0.182. The van der Waals surface area contributed by atoms with Crippen LogP contribution in [0.1, 0.15) is 23.0 Å². The van der Waals surface area contributed by atoms with E-state index in [4.69, 9.17) is 9.15 Å². The monoisotopic (exact) mass is 352 g/mol. The van der Waals surface area contributed by atoms with E-state index >= 15 is 0 Å². The standard InChI is InChI=1S/C17H20O8/c1-6-3-8(19)12(16-11(6)9(20)4-7(2)24-16)17-15(23)14(22)13(21)10(5-18)25-17/h3-4,10,13-15,17-19,21-23H,5H2,1-2H3. The van der Waals surface area contributed by atoms with Gasteiger partial charge in [-0.05, 0) is 25.5 Å². The Kier molecular flexibility index (Phi) is 4.56. The molecule has 1 fully saturated rings. The summed E-state index contributed by atoms with van der Waals surface area (Å²) < 4.78 is 11.1. The molecule has 0 saturated carbocycles. The molecule has 5 atom stereocenters. The molecule has 8 nitrogen and oxygen atoms in total. The summed E-state index contributed by atoms with van der Waals surface area (Å²) in [6, 6.07) is 2.65. The van der Waals surface area contributed by atoms with E-state index in [2.05, 4.69) is 0 Å². The van der Waals surface area contributed by atoms with Crippen LogP contribution in [0.2, 0.25) is 0 Å². The Hall–Kier alpha value is -1.97. The van der Waals surface area contributed by atoms with Crippen molar-refractivity contribution in [1.82, 2.24) is 0 Å². The summed E-state index contributed by atoms with van der Waals surface area (Å²) in [5, 5.41) is 50.2. The fourth-order valence-corrected chi connectivity index (χ4v) is 3.26. The van der Waals surface area contributed by atoms with Gasteiger partial charge in [-0.2, -0.15) is 0 Å². The van der Waals surface area contributed by atoms with Crippen LogP contribution in [0.5, 0.6) is 5.75 Å². The molecule has 2 aromatic rings. The van der Waals surface area contributed by atoms with Crippen molar-refractivity contribution in [3.8, 4) is 5.75 Å². The number of fused-ring (bicyclic) bond motifs is 1. The number of aromatic hydroxyl groups is 1. The molecule has 1 aliphatic heterocycles. The Balaban J connectivity index is 2.26. The lowest BCUT2D eigenvalue weighted by molar-refractivity contribution is -0.231. The first-order chi connectivity index (χ1) is 11.8. The minimum Gasteiger partial charge on any atom is -0.507 e. The van der Waals surface area contributed by atoms with Crippen LogP contribution >= 0.6 is 0 Å². The Morgan fingerprint density at radius 1 is 1.08 bits per heavy atom. The Bertz CT molecular complexity index is 856. The molecule has 8 heteroatoms. The van der Waals surface area contributed by atoms with E-state index in [0.717, 1.165) is 0 Å². The number of rotatable bonds is 2. The number of ether oxygens (including phenoxy) is 1. The lowest BCUT2D eigenvalue weighted by Gasteiger charge is -2.40. The molecule has 2 heterocycles. The highest BCUT2D eigenvalue weighted by Crippen LogP contribution is 2.41. The van der Waals surface area contributed by atoms with Gasteiger partial charge in [0.1, 0.15) is 47.6 Å². The summed E-state index contributed by atoms with van der Waals surface area (Å²) in [4.78, 5) is 12.3. The second-order valence-corrected chi connectivity index (χ2v) is 6.30. The normalized spacial score (nSPS) is 29.9. The molecule has 1 aliphatic rings. The van der Waals surface area contributed by atoms with Crippen molar-refractivity contribution in [2.45, 2.75) is 44.4 Å². The van der Waals surface area contributed by atoms with E-state index < -0.39 is 37.1 Å². The molecule has 136 valence electrons. The predicted molar refractivity (Wildman–Crippen MR) is 86.3 cm³/mol. The number of aryl methyl sites for hydroxylation is 2. The number of phenolic OH excluding ortho intramolecular Hbond substituents is 1. The van der Waals surface area contributed by atoms with E-state index in [0.29, 0.717) is 11.3 Å². The van der Waals surface area contributed by atoms with Gasteiger partial charge < -0.3 is 34.7 Å². The molecule has 5 unspecified atom stereocenters. The van der Waals surface area contributed by atoms with Crippen LogP contribution in [0, 0.1) is 13.8 Å². The highest BCUT2D eigenvalue weighted by Gasteiger charge is 2.45. The van der Waals surface area contributed by atoms with Gasteiger partial charge in [0, 0.05) is 6.07 Å². The summed E-state index contributed by atoms with van der Waals surface area (Å²) in [7, 11) is 0. The maximum absolute atomic E-state index is 12.3. The average molecular weight is 352 g/mol. The number of phenols is 1. The molecule has 0 spiro atoms. The van der Waals surface area contributed by atoms with Crippen molar-refractivity contribution in [1.29, 1.82) is 0 Å². The fraction of sp³-hybridized carbons (Fsp3) is 0.471. The Morgan fingerprint density at radius 2 is 1.76 bits per heavy atom. The van der Waals surface area contributed by atoms with E-state index in [1.807, 2.05) is 0 Å². The van der Waals surface area contributed by atoms with Gasteiger partial charge in [-0.3, -0.25) is 4.79 Å². The highest BCUT2D eigenvalue weighted by molar-refractivity contribution is 5.86. The van der Waals surface area contributed by atoms with Crippen LogP contribution in [-0.2, 0) is 4.74 Å². The van der Waals surface area contributed by atoms with Crippen LogP contribution in [-0.4, -0.2) is 56.6 Å². The molecule has 0 radical (unpaired) electrons. The van der Waals surface area contributed by atoms with Crippen LogP contribution < -0.4 is 5.43 Å². The van der Waals surface area contributed by atoms with Gasteiger partial charge in [0.05, 0.1) is 17.6 Å². The SMILES string of the molecule is Cc1cc(=O)c2c(C)cc(O)c(C3OC(CO)C(O)C(O)C3O)c2o1. The second kappa shape index (κ2) is 6.40.